The molecule has 20 heteroatoms. The summed E-state index contributed by atoms with van der Waals surface area (Å²) >= 11 is 0. The molecule has 2 amide bonds. The Bertz CT molecular complexity index is 1580. The van der Waals surface area contributed by atoms with Crippen LogP contribution in [0.1, 0.15) is 53.6 Å². The molecule has 4 rings (SSSR count). The number of carbonyl (C=O) groups excluding carboxylic acids is 2. The summed E-state index contributed by atoms with van der Waals surface area (Å²) in [6.45, 7) is -1.75. The number of hydrogen-bond donors (Lipinski definition) is 4. The molecule has 1 aliphatic carbocycles. The van der Waals surface area contributed by atoms with E-state index in [0.29, 0.717) is 6.07 Å². The van der Waals surface area contributed by atoms with Gasteiger partial charge in [0.15, 0.2) is 12.3 Å². The molecule has 258 valence electrons. The molecule has 0 radical (unpaired) electrons. The van der Waals surface area contributed by atoms with Gasteiger partial charge in [-0.2, -0.15) is 44.5 Å². The van der Waals surface area contributed by atoms with Crippen molar-refractivity contribution in [3.05, 3.63) is 41.0 Å². The molecule has 0 aliphatic heterocycles. The molecule has 1 saturated carbocycles. The van der Waals surface area contributed by atoms with Crippen LogP contribution >= 0.6 is 0 Å². The van der Waals surface area contributed by atoms with Crippen molar-refractivity contribution in [1.29, 1.82) is 0 Å². The molecule has 1 aromatic carbocycles. The van der Waals surface area contributed by atoms with Crippen molar-refractivity contribution in [2.24, 2.45) is 5.92 Å². The maximum atomic E-state index is 13.7. The molecule has 2 aromatic heterocycles. The molecule has 2 heterocycles. The lowest BCUT2D eigenvalue weighted by Crippen LogP contribution is -2.40. The van der Waals surface area contributed by atoms with Gasteiger partial charge in [-0.15, -0.1) is 0 Å². The number of rotatable bonds is 10. The van der Waals surface area contributed by atoms with E-state index >= 15 is 0 Å². The largest absolute Gasteiger partial charge is 0.471 e. The molecule has 1 fully saturated rings. The number of pyridine rings is 1. The molecule has 0 bridgehead atoms. The fourth-order valence-electron chi connectivity index (χ4n) is 4.85. The van der Waals surface area contributed by atoms with Crippen molar-refractivity contribution in [1.82, 2.24) is 25.6 Å². The van der Waals surface area contributed by atoms with Gasteiger partial charge in [0.2, 0.25) is 17.7 Å². The number of benzene rings is 1. The molecule has 0 unspecified atom stereocenters. The number of nitrogens with one attached hydrogen (secondary N) is 4. The van der Waals surface area contributed by atoms with E-state index < -0.39 is 91.0 Å². The number of alkyl halides is 11. The molecular weight excluding hydrogens is 665 g/mol. The van der Waals surface area contributed by atoms with Gasteiger partial charge in [-0.3, -0.25) is 9.59 Å². The van der Waals surface area contributed by atoms with E-state index in [2.05, 4.69) is 25.6 Å². The number of nitrogens with zero attached hydrogens (tertiary/aromatic N) is 2. The number of aromatic amines is 1. The Hall–Kier alpha value is -4.39. The van der Waals surface area contributed by atoms with Crippen LogP contribution in [-0.4, -0.2) is 58.2 Å². The first kappa shape index (κ1) is 35.5. The highest BCUT2D eigenvalue weighted by Crippen LogP contribution is 2.38. The molecule has 1 aliphatic rings. The second-order valence-corrected chi connectivity index (χ2v) is 10.6. The van der Waals surface area contributed by atoms with Crippen molar-refractivity contribution in [2.75, 3.05) is 11.9 Å². The Morgan fingerprint density at radius 2 is 1.64 bits per heavy atom. The van der Waals surface area contributed by atoms with E-state index in [1.54, 1.807) is 0 Å². The maximum absolute atomic E-state index is 13.7. The van der Waals surface area contributed by atoms with Crippen LogP contribution in [0.3, 0.4) is 0 Å². The van der Waals surface area contributed by atoms with Crippen molar-refractivity contribution in [3.8, 4) is 5.88 Å². The van der Waals surface area contributed by atoms with Crippen LogP contribution in [-0.2, 0) is 17.5 Å². The van der Waals surface area contributed by atoms with Crippen LogP contribution in [0.15, 0.2) is 24.3 Å². The topological polar surface area (TPSA) is 121 Å². The molecule has 0 saturated heterocycles. The zero-order chi connectivity index (χ0) is 34.7. The minimum atomic E-state index is -4.93. The quantitative estimate of drug-likeness (QED) is 0.174. The van der Waals surface area contributed by atoms with Gasteiger partial charge in [-0.1, -0.05) is 6.07 Å². The highest BCUT2D eigenvalue weighted by molar-refractivity contribution is 5.99. The predicted octanol–water partition coefficient (Wildman–Crippen LogP) is 6.78. The van der Waals surface area contributed by atoms with Crippen molar-refractivity contribution < 1.29 is 62.6 Å². The van der Waals surface area contributed by atoms with Crippen molar-refractivity contribution in [3.63, 3.8) is 0 Å². The number of hydrogen-bond acceptors (Lipinski definition) is 6. The van der Waals surface area contributed by atoms with E-state index in [9.17, 15) is 57.9 Å². The molecule has 0 atom stereocenters. The number of carbonyl (C=O) groups is 2. The summed E-state index contributed by atoms with van der Waals surface area (Å²) in [5.41, 5.74) is -2.66. The van der Waals surface area contributed by atoms with Crippen molar-refractivity contribution in [2.45, 2.75) is 69.6 Å². The molecular formula is C27H25F11N6O3. The lowest BCUT2D eigenvalue weighted by Gasteiger charge is -2.30. The third kappa shape index (κ3) is 9.80. The van der Waals surface area contributed by atoms with E-state index in [4.69, 9.17) is 4.74 Å². The summed E-state index contributed by atoms with van der Waals surface area (Å²) in [6, 6.07) is 2.83. The van der Waals surface area contributed by atoms with E-state index in [-0.39, 0.29) is 48.4 Å². The van der Waals surface area contributed by atoms with E-state index in [1.807, 2.05) is 5.32 Å². The van der Waals surface area contributed by atoms with Gasteiger partial charge in [0.05, 0.1) is 17.2 Å². The molecule has 9 nitrogen and oxygen atoms in total. The third-order valence-electron chi connectivity index (χ3n) is 7.05. The van der Waals surface area contributed by atoms with Gasteiger partial charge in [-0.05, 0) is 49.4 Å². The average molecular weight is 691 g/mol. The summed E-state index contributed by atoms with van der Waals surface area (Å²) in [6.07, 6.45) is -19.4. The van der Waals surface area contributed by atoms with Gasteiger partial charge in [0.25, 0.3) is 12.3 Å². The lowest BCUT2D eigenvalue weighted by atomic mass is 9.85. The fourth-order valence-corrected chi connectivity index (χ4v) is 4.85. The summed E-state index contributed by atoms with van der Waals surface area (Å²) in [7, 11) is 0. The SMILES string of the molecule is O=C(CC(F)(F)F)NCc1ccc(C(F)(F)F)c(Nc2nc3cc(C(=O)N[C@H]4CC[C@H](C(F)(F)F)CC4)c(OCC(F)F)nc3[nH]2)c1. The normalized spacial score (nSPS) is 17.5. The highest BCUT2D eigenvalue weighted by Gasteiger charge is 2.42. The Kier molecular flexibility index (Phi) is 10.4. The van der Waals surface area contributed by atoms with E-state index in [1.165, 1.54) is 0 Å². The van der Waals surface area contributed by atoms with Crippen LogP contribution in [0.25, 0.3) is 11.2 Å². The molecule has 4 N–H and O–H groups in total. The zero-order valence-electron chi connectivity index (χ0n) is 23.8. The Morgan fingerprint density at radius 3 is 2.23 bits per heavy atom. The monoisotopic (exact) mass is 690 g/mol. The number of ether oxygens (including phenoxy) is 1. The van der Waals surface area contributed by atoms with Crippen LogP contribution in [0, 0.1) is 5.92 Å². The van der Waals surface area contributed by atoms with Crippen LogP contribution in [0.4, 0.5) is 59.9 Å². The standard InChI is InChI=1S/C27H25F11N6O3/c28-19(29)11-47-23-15(22(46)40-14-4-2-13(3-5-14)26(33,34)35)8-18-21(43-23)44-24(42-18)41-17-7-12(1-6-16(17)27(36,37)38)10-39-20(45)9-25(30,31)32/h1,6-8,13-14,19H,2-5,9-11H2,(H,39,45)(H,40,46)(H2,41,42,43,44)/t13-,14-. The smallest absolute Gasteiger partial charge is 0.418 e. The first-order valence-corrected chi connectivity index (χ1v) is 13.8. The predicted molar refractivity (Wildman–Crippen MR) is 142 cm³/mol. The Morgan fingerprint density at radius 1 is 0.957 bits per heavy atom. The Labute approximate surface area is 257 Å². The van der Waals surface area contributed by atoms with Crippen molar-refractivity contribution >= 4 is 34.6 Å². The summed E-state index contributed by atoms with van der Waals surface area (Å²) in [5, 5.41) is 6.84. The number of aromatic nitrogens is 3. The number of fused-ring (bicyclic) bond motifs is 1. The number of anilines is 2. The van der Waals surface area contributed by atoms with Crippen LogP contribution in [0.2, 0.25) is 0 Å². The molecule has 0 spiro atoms. The van der Waals surface area contributed by atoms with Gasteiger partial charge in [0, 0.05) is 12.6 Å². The van der Waals surface area contributed by atoms with Gasteiger partial charge in [-0.25, -0.2) is 13.8 Å². The minimum absolute atomic E-state index is 0.0120. The molecule has 3 aromatic rings. The Balaban J connectivity index is 1.58. The first-order chi connectivity index (χ1) is 21.8. The highest BCUT2D eigenvalue weighted by atomic mass is 19.4. The summed E-state index contributed by atoms with van der Waals surface area (Å²) < 4.78 is 148. The molecule has 47 heavy (non-hydrogen) atoms. The maximum Gasteiger partial charge on any atom is 0.418 e. The van der Waals surface area contributed by atoms with Gasteiger partial charge < -0.3 is 25.7 Å². The summed E-state index contributed by atoms with van der Waals surface area (Å²) in [5.74, 6) is -4.85. The lowest BCUT2D eigenvalue weighted by molar-refractivity contribution is -0.182. The fraction of sp³-hybridized carbons (Fsp3) is 0.481. The van der Waals surface area contributed by atoms with Crippen LogP contribution in [0.5, 0.6) is 5.88 Å². The second kappa shape index (κ2) is 13.8. The number of amides is 2. The number of H-pyrrole nitrogens is 1. The van der Waals surface area contributed by atoms with E-state index in [0.717, 1.165) is 18.2 Å². The number of imidazole rings is 1. The first-order valence-electron chi connectivity index (χ1n) is 13.8. The zero-order valence-corrected chi connectivity index (χ0v) is 23.8. The summed E-state index contributed by atoms with van der Waals surface area (Å²) in [4.78, 5) is 35.1. The van der Waals surface area contributed by atoms with Crippen LogP contribution < -0.4 is 20.7 Å². The average Bonchev–Trinajstić information content (AvgIpc) is 3.33. The third-order valence-corrected chi connectivity index (χ3v) is 7.05. The minimum Gasteiger partial charge on any atom is -0.471 e. The van der Waals surface area contributed by atoms with Gasteiger partial charge in [0.1, 0.15) is 17.5 Å². The number of halogens is 11. The second-order valence-electron chi connectivity index (χ2n) is 10.6. The van der Waals surface area contributed by atoms with Gasteiger partial charge >= 0.3 is 18.5 Å².